The van der Waals surface area contributed by atoms with E-state index >= 15 is 0 Å². The molecule has 0 radical (unpaired) electrons. The molecule has 3 rings (SSSR count). The van der Waals surface area contributed by atoms with Gasteiger partial charge >= 0.3 is 0 Å². The molecule has 1 aromatic heterocycles. The number of amides is 1. The highest BCUT2D eigenvalue weighted by Gasteiger charge is 2.25. The van der Waals surface area contributed by atoms with Crippen LogP contribution in [0.5, 0.6) is 0 Å². The summed E-state index contributed by atoms with van der Waals surface area (Å²) >= 11 is 5.94. The fourth-order valence-corrected chi connectivity index (χ4v) is 2.93. The Bertz CT molecular complexity index is 671. The summed E-state index contributed by atoms with van der Waals surface area (Å²) < 4.78 is 0. The molecule has 0 bridgehead atoms. The number of hydrogen-bond donors (Lipinski definition) is 1. The minimum absolute atomic E-state index is 0.0700. The highest BCUT2D eigenvalue weighted by Crippen LogP contribution is 2.29. The maximum atomic E-state index is 12.3. The third kappa shape index (κ3) is 6.48. The van der Waals surface area contributed by atoms with Crippen molar-refractivity contribution in [2.45, 2.75) is 25.8 Å². The van der Waals surface area contributed by atoms with Gasteiger partial charge in [-0.05, 0) is 54.5 Å². The van der Waals surface area contributed by atoms with E-state index in [-0.39, 0.29) is 5.91 Å². The summed E-state index contributed by atoms with van der Waals surface area (Å²) in [5.74, 6) is 0.831. The number of hydrogen-bond acceptors (Lipinski definition) is 3. The van der Waals surface area contributed by atoms with Crippen LogP contribution in [0.25, 0.3) is 0 Å². The monoisotopic (exact) mass is 357 g/mol. The number of halogens is 1. The first-order chi connectivity index (χ1) is 12.2. The predicted octanol–water partition coefficient (Wildman–Crippen LogP) is 3.31. The first kappa shape index (κ1) is 17.9. The zero-order valence-electron chi connectivity index (χ0n) is 14.3. The van der Waals surface area contributed by atoms with Crippen molar-refractivity contribution in [1.29, 1.82) is 0 Å². The first-order valence-corrected chi connectivity index (χ1v) is 9.19. The van der Waals surface area contributed by atoms with Gasteiger partial charge in [0, 0.05) is 37.1 Å². The van der Waals surface area contributed by atoms with Crippen molar-refractivity contribution in [3.05, 3.63) is 64.9 Å². The van der Waals surface area contributed by atoms with Gasteiger partial charge in [0.1, 0.15) is 0 Å². The normalized spacial score (nSPS) is 13.8. The number of carbonyl (C=O) groups is 1. The Hall–Kier alpha value is -1.91. The maximum absolute atomic E-state index is 12.3. The molecule has 1 aliphatic rings. The lowest BCUT2D eigenvalue weighted by Crippen LogP contribution is -2.39. The van der Waals surface area contributed by atoms with Crippen LogP contribution in [0.3, 0.4) is 0 Å². The zero-order chi connectivity index (χ0) is 17.5. The van der Waals surface area contributed by atoms with Crippen molar-refractivity contribution < 1.29 is 4.79 Å². The lowest BCUT2D eigenvalue weighted by molar-refractivity contribution is -0.122. The Morgan fingerprint density at radius 2 is 2.00 bits per heavy atom. The van der Waals surface area contributed by atoms with Gasteiger partial charge in [0.05, 0.1) is 6.54 Å². The van der Waals surface area contributed by atoms with Crippen LogP contribution in [0.15, 0.2) is 48.8 Å². The number of nitrogens with zero attached hydrogens (tertiary/aromatic N) is 2. The third-order valence-corrected chi connectivity index (χ3v) is 4.67. The number of pyridine rings is 1. The average molecular weight is 358 g/mol. The van der Waals surface area contributed by atoms with Crippen LogP contribution in [-0.2, 0) is 17.8 Å². The molecule has 0 saturated heterocycles. The summed E-state index contributed by atoms with van der Waals surface area (Å²) in [7, 11) is 0. The molecule has 2 aromatic rings. The summed E-state index contributed by atoms with van der Waals surface area (Å²) in [6.07, 6.45) is 7.02. The van der Waals surface area contributed by atoms with Gasteiger partial charge in [-0.15, -0.1) is 0 Å². The Morgan fingerprint density at radius 1 is 1.20 bits per heavy atom. The molecule has 1 heterocycles. The molecular formula is C20H24ClN3O. The van der Waals surface area contributed by atoms with Gasteiger partial charge in [-0.2, -0.15) is 0 Å². The quantitative estimate of drug-likeness (QED) is 0.749. The van der Waals surface area contributed by atoms with Crippen molar-refractivity contribution >= 4 is 17.5 Å². The standard InChI is InChI=1S/C20H24ClN3O/c21-19-7-5-16(6-8-19)9-11-24(14-17-3-4-17)15-20(25)23-13-18-2-1-10-22-12-18/h1-2,5-8,10,12,17H,3-4,9,11,13-15H2,(H,23,25). The Labute approximate surface area is 154 Å². The third-order valence-electron chi connectivity index (χ3n) is 4.42. The van der Waals surface area contributed by atoms with Crippen molar-refractivity contribution in [1.82, 2.24) is 15.2 Å². The molecule has 4 nitrogen and oxygen atoms in total. The fraction of sp³-hybridized carbons (Fsp3) is 0.400. The second-order valence-electron chi connectivity index (χ2n) is 6.69. The zero-order valence-corrected chi connectivity index (χ0v) is 15.1. The van der Waals surface area contributed by atoms with E-state index < -0.39 is 0 Å². The van der Waals surface area contributed by atoms with E-state index in [2.05, 4.69) is 27.3 Å². The molecule has 1 fully saturated rings. The van der Waals surface area contributed by atoms with Crippen molar-refractivity contribution in [2.24, 2.45) is 5.92 Å². The molecule has 0 spiro atoms. The van der Waals surface area contributed by atoms with Gasteiger partial charge in [0.25, 0.3) is 0 Å². The Morgan fingerprint density at radius 3 is 2.68 bits per heavy atom. The number of rotatable bonds is 9. The first-order valence-electron chi connectivity index (χ1n) is 8.81. The van der Waals surface area contributed by atoms with Gasteiger partial charge < -0.3 is 5.32 Å². The van der Waals surface area contributed by atoms with Crippen LogP contribution in [0.2, 0.25) is 5.02 Å². The summed E-state index contributed by atoms with van der Waals surface area (Å²) in [5.41, 5.74) is 2.27. The van der Waals surface area contributed by atoms with Crippen molar-refractivity contribution in [3.63, 3.8) is 0 Å². The molecule has 1 aliphatic carbocycles. The Kier molecular flexibility index (Phi) is 6.42. The van der Waals surface area contributed by atoms with E-state index in [9.17, 15) is 4.79 Å². The van der Waals surface area contributed by atoms with Gasteiger partial charge in [0.2, 0.25) is 5.91 Å². The van der Waals surface area contributed by atoms with E-state index in [1.165, 1.54) is 18.4 Å². The van der Waals surface area contributed by atoms with Gasteiger partial charge in [0.15, 0.2) is 0 Å². The minimum Gasteiger partial charge on any atom is -0.351 e. The van der Waals surface area contributed by atoms with Gasteiger partial charge in [-0.25, -0.2) is 0 Å². The number of benzene rings is 1. The second-order valence-corrected chi connectivity index (χ2v) is 7.13. The number of nitrogens with one attached hydrogen (secondary N) is 1. The lowest BCUT2D eigenvalue weighted by Gasteiger charge is -2.21. The van der Waals surface area contributed by atoms with Crippen LogP contribution in [0.4, 0.5) is 0 Å². The SMILES string of the molecule is O=C(CN(CCc1ccc(Cl)cc1)CC1CC1)NCc1cccnc1. The second kappa shape index (κ2) is 8.97. The average Bonchev–Trinajstić information content (AvgIpc) is 3.44. The highest BCUT2D eigenvalue weighted by molar-refractivity contribution is 6.30. The molecular weight excluding hydrogens is 334 g/mol. The van der Waals surface area contributed by atoms with Gasteiger partial charge in [-0.3, -0.25) is 14.7 Å². The maximum Gasteiger partial charge on any atom is 0.234 e. The number of aromatic nitrogens is 1. The molecule has 1 saturated carbocycles. The summed E-state index contributed by atoms with van der Waals surface area (Å²) in [5, 5.41) is 3.75. The van der Waals surface area contributed by atoms with Crippen LogP contribution in [-0.4, -0.2) is 35.4 Å². The molecule has 0 atom stereocenters. The Balaban J connectivity index is 1.47. The van der Waals surface area contributed by atoms with Crippen LogP contribution < -0.4 is 5.32 Å². The molecule has 0 aliphatic heterocycles. The van der Waals surface area contributed by atoms with Crippen LogP contribution >= 0.6 is 11.6 Å². The smallest absolute Gasteiger partial charge is 0.234 e. The van der Waals surface area contributed by atoms with Crippen LogP contribution in [0.1, 0.15) is 24.0 Å². The number of carbonyl (C=O) groups excluding carboxylic acids is 1. The summed E-state index contributed by atoms with van der Waals surface area (Å²) in [4.78, 5) is 18.6. The highest BCUT2D eigenvalue weighted by atomic mass is 35.5. The predicted molar refractivity (Wildman–Crippen MR) is 100 cm³/mol. The largest absolute Gasteiger partial charge is 0.351 e. The molecule has 132 valence electrons. The van der Waals surface area contributed by atoms with Gasteiger partial charge in [-0.1, -0.05) is 29.8 Å². The van der Waals surface area contributed by atoms with Crippen LogP contribution in [0, 0.1) is 5.92 Å². The van der Waals surface area contributed by atoms with Crippen molar-refractivity contribution in [2.75, 3.05) is 19.6 Å². The molecule has 1 aromatic carbocycles. The topological polar surface area (TPSA) is 45.2 Å². The fourth-order valence-electron chi connectivity index (χ4n) is 2.80. The summed E-state index contributed by atoms with van der Waals surface area (Å²) in [6, 6.07) is 11.8. The summed E-state index contributed by atoms with van der Waals surface area (Å²) in [6.45, 7) is 2.87. The lowest BCUT2D eigenvalue weighted by atomic mass is 10.1. The molecule has 25 heavy (non-hydrogen) atoms. The minimum atomic E-state index is 0.0700. The molecule has 1 N–H and O–H groups in total. The van der Waals surface area contributed by atoms with E-state index in [4.69, 9.17) is 11.6 Å². The molecule has 1 amide bonds. The van der Waals surface area contributed by atoms with E-state index in [1.54, 1.807) is 12.4 Å². The molecule has 0 unspecified atom stereocenters. The van der Waals surface area contributed by atoms with E-state index in [0.29, 0.717) is 13.1 Å². The van der Waals surface area contributed by atoms with E-state index in [0.717, 1.165) is 36.0 Å². The van der Waals surface area contributed by atoms with E-state index in [1.807, 2.05) is 24.3 Å². The van der Waals surface area contributed by atoms with Crippen molar-refractivity contribution in [3.8, 4) is 0 Å². The molecule has 5 heteroatoms.